The number of benzene rings is 1. The van der Waals surface area contributed by atoms with Crippen molar-refractivity contribution >= 4 is 38.9 Å². The zero-order chi connectivity index (χ0) is 12.6. The van der Waals surface area contributed by atoms with Gasteiger partial charge in [-0.3, -0.25) is 0 Å². The molecule has 1 heterocycles. The molecule has 0 fully saturated rings. The third kappa shape index (κ3) is 2.58. The van der Waals surface area contributed by atoms with Gasteiger partial charge in [0, 0.05) is 24.8 Å². The van der Waals surface area contributed by atoms with Crippen LogP contribution in [0.3, 0.4) is 0 Å². The van der Waals surface area contributed by atoms with E-state index in [1.165, 1.54) is 4.88 Å². The van der Waals surface area contributed by atoms with E-state index in [-0.39, 0.29) is 0 Å². The van der Waals surface area contributed by atoms with E-state index in [2.05, 4.69) is 15.9 Å². The maximum absolute atomic E-state index is 10.7. The molecule has 0 bridgehead atoms. The number of aryl methyl sites for hydroxylation is 1. The molecule has 1 aromatic heterocycles. The van der Waals surface area contributed by atoms with Crippen LogP contribution in [0.5, 0.6) is 0 Å². The normalized spacial score (nSPS) is 14.6. The first kappa shape index (κ1) is 13.1. The summed E-state index contributed by atoms with van der Waals surface area (Å²) in [4.78, 5) is 2.08. The van der Waals surface area contributed by atoms with Crippen LogP contribution in [0.4, 0.5) is 0 Å². The Morgan fingerprint density at radius 3 is 2.53 bits per heavy atom. The van der Waals surface area contributed by atoms with Crippen LogP contribution < -0.4 is 0 Å². The van der Waals surface area contributed by atoms with Gasteiger partial charge in [-0.2, -0.15) is 0 Å². The Labute approximate surface area is 118 Å². The number of hydrogen-bond donors (Lipinski definition) is 1. The van der Waals surface area contributed by atoms with Crippen LogP contribution in [0, 0.1) is 6.92 Å². The van der Waals surface area contributed by atoms with E-state index in [4.69, 9.17) is 11.6 Å². The van der Waals surface area contributed by atoms with Gasteiger partial charge in [0.25, 0.3) is 0 Å². The van der Waals surface area contributed by atoms with Crippen molar-refractivity contribution in [3.8, 4) is 0 Å². The monoisotopic (exact) mass is 330 g/mol. The molecule has 1 nitrogen and oxygen atoms in total. The lowest BCUT2D eigenvalue weighted by Crippen LogP contribution is -2.21. The molecule has 1 aromatic carbocycles. The van der Waals surface area contributed by atoms with Crippen molar-refractivity contribution in [2.75, 3.05) is 0 Å². The van der Waals surface area contributed by atoms with Crippen LogP contribution in [0.25, 0.3) is 0 Å². The molecule has 0 radical (unpaired) electrons. The highest BCUT2D eigenvalue weighted by atomic mass is 79.9. The first-order chi connectivity index (χ1) is 7.91. The predicted octanol–water partition coefficient (Wildman–Crippen LogP) is 4.73. The summed E-state index contributed by atoms with van der Waals surface area (Å²) in [5.41, 5.74) is -0.319. The van der Waals surface area contributed by atoms with Crippen molar-refractivity contribution in [1.82, 2.24) is 0 Å². The number of thiophene rings is 1. The summed E-state index contributed by atoms with van der Waals surface area (Å²) >= 11 is 11.1. The molecule has 2 aromatic rings. The second-order valence-electron chi connectivity index (χ2n) is 4.11. The van der Waals surface area contributed by atoms with Crippen LogP contribution in [-0.4, -0.2) is 5.11 Å². The molecule has 0 aliphatic rings. The Morgan fingerprint density at radius 1 is 1.29 bits per heavy atom. The molecular formula is C13H12BrClOS. The quantitative estimate of drug-likeness (QED) is 0.843. The number of halogens is 2. The summed E-state index contributed by atoms with van der Waals surface area (Å²) in [6.45, 7) is 3.79. The lowest BCUT2D eigenvalue weighted by Gasteiger charge is -2.23. The third-order valence-electron chi connectivity index (χ3n) is 2.68. The van der Waals surface area contributed by atoms with E-state index in [0.29, 0.717) is 5.02 Å². The highest BCUT2D eigenvalue weighted by Crippen LogP contribution is 2.38. The van der Waals surface area contributed by atoms with Crippen molar-refractivity contribution in [1.29, 1.82) is 0 Å². The van der Waals surface area contributed by atoms with Crippen molar-refractivity contribution in [2.24, 2.45) is 0 Å². The molecule has 0 saturated heterocycles. The Bertz CT molecular complexity index is 548. The fourth-order valence-corrected chi connectivity index (χ4v) is 3.50. The highest BCUT2D eigenvalue weighted by molar-refractivity contribution is 9.10. The van der Waals surface area contributed by atoms with Crippen LogP contribution in [0.1, 0.15) is 22.2 Å². The first-order valence-electron chi connectivity index (χ1n) is 5.16. The fraction of sp³-hybridized carbons (Fsp3) is 0.231. The molecule has 0 spiro atoms. The van der Waals surface area contributed by atoms with E-state index in [9.17, 15) is 5.11 Å². The summed E-state index contributed by atoms with van der Waals surface area (Å²) in [6.07, 6.45) is 0. The Hall–Kier alpha value is -0.350. The minimum absolute atomic E-state index is 0.565. The third-order valence-corrected chi connectivity index (χ3v) is 4.69. The molecule has 2 rings (SSSR count). The van der Waals surface area contributed by atoms with Gasteiger partial charge >= 0.3 is 0 Å². The van der Waals surface area contributed by atoms with Gasteiger partial charge in [-0.05, 0) is 38.1 Å². The van der Waals surface area contributed by atoms with Gasteiger partial charge in [-0.1, -0.05) is 33.6 Å². The van der Waals surface area contributed by atoms with Crippen LogP contribution in [-0.2, 0) is 5.60 Å². The SMILES string of the molecule is Cc1ccc(C(C)(O)c2ccc(Br)cc2Cl)s1. The molecule has 1 N–H and O–H groups in total. The molecule has 1 unspecified atom stereocenters. The van der Waals surface area contributed by atoms with E-state index in [1.54, 1.807) is 24.3 Å². The molecule has 1 atom stereocenters. The minimum Gasteiger partial charge on any atom is -0.380 e. The van der Waals surface area contributed by atoms with Gasteiger partial charge in [-0.25, -0.2) is 0 Å². The van der Waals surface area contributed by atoms with Crippen molar-refractivity contribution in [3.63, 3.8) is 0 Å². The molecule has 4 heteroatoms. The van der Waals surface area contributed by atoms with Gasteiger partial charge < -0.3 is 5.11 Å². The summed E-state index contributed by atoms with van der Waals surface area (Å²) in [6, 6.07) is 9.48. The maximum Gasteiger partial charge on any atom is 0.122 e. The first-order valence-corrected chi connectivity index (χ1v) is 7.15. The Morgan fingerprint density at radius 2 is 2.00 bits per heavy atom. The molecule has 0 saturated carbocycles. The smallest absolute Gasteiger partial charge is 0.122 e. The lowest BCUT2D eigenvalue weighted by molar-refractivity contribution is 0.106. The second kappa shape index (κ2) is 4.73. The average molecular weight is 332 g/mol. The molecule has 17 heavy (non-hydrogen) atoms. The van der Waals surface area contributed by atoms with Crippen LogP contribution in [0.2, 0.25) is 5.02 Å². The standard InChI is InChI=1S/C13H12BrClOS/c1-8-3-6-12(17-8)13(2,16)10-5-4-9(14)7-11(10)15/h3-7,16H,1-2H3. The Kier molecular flexibility index (Phi) is 3.64. The molecule has 0 amide bonds. The predicted molar refractivity (Wildman–Crippen MR) is 76.9 cm³/mol. The number of hydrogen-bond acceptors (Lipinski definition) is 2. The van der Waals surface area contributed by atoms with Crippen LogP contribution in [0.15, 0.2) is 34.8 Å². The van der Waals surface area contributed by atoms with Crippen molar-refractivity contribution in [3.05, 3.63) is 55.1 Å². The number of aliphatic hydroxyl groups is 1. The van der Waals surface area contributed by atoms with E-state index in [1.807, 2.05) is 31.2 Å². The molecule has 0 aliphatic carbocycles. The summed E-state index contributed by atoms with van der Waals surface area (Å²) in [7, 11) is 0. The second-order valence-corrected chi connectivity index (χ2v) is 6.72. The largest absolute Gasteiger partial charge is 0.380 e. The van der Waals surface area contributed by atoms with Crippen molar-refractivity contribution in [2.45, 2.75) is 19.4 Å². The molecule has 90 valence electrons. The topological polar surface area (TPSA) is 20.2 Å². The van der Waals surface area contributed by atoms with Gasteiger partial charge in [0.15, 0.2) is 0 Å². The summed E-state index contributed by atoms with van der Waals surface area (Å²) in [5.74, 6) is 0. The zero-order valence-electron chi connectivity index (χ0n) is 9.50. The van der Waals surface area contributed by atoms with Crippen molar-refractivity contribution < 1.29 is 5.11 Å². The summed E-state index contributed by atoms with van der Waals surface area (Å²) in [5, 5.41) is 11.2. The number of rotatable bonds is 2. The minimum atomic E-state index is -1.04. The highest BCUT2D eigenvalue weighted by Gasteiger charge is 2.29. The van der Waals surface area contributed by atoms with E-state index >= 15 is 0 Å². The van der Waals surface area contributed by atoms with E-state index < -0.39 is 5.60 Å². The van der Waals surface area contributed by atoms with Crippen LogP contribution >= 0.6 is 38.9 Å². The molecule has 0 aliphatic heterocycles. The zero-order valence-corrected chi connectivity index (χ0v) is 12.7. The van der Waals surface area contributed by atoms with Gasteiger partial charge in [-0.15, -0.1) is 11.3 Å². The maximum atomic E-state index is 10.7. The molecular weight excluding hydrogens is 320 g/mol. The van der Waals surface area contributed by atoms with Gasteiger partial charge in [0.2, 0.25) is 0 Å². The summed E-state index contributed by atoms with van der Waals surface area (Å²) < 4.78 is 0.907. The lowest BCUT2D eigenvalue weighted by atomic mass is 9.94. The van der Waals surface area contributed by atoms with E-state index in [0.717, 1.165) is 14.9 Å². The van der Waals surface area contributed by atoms with Gasteiger partial charge in [0.05, 0.1) is 0 Å². The Balaban J connectivity index is 2.51. The fourth-order valence-electron chi connectivity index (χ4n) is 1.71. The average Bonchev–Trinajstić information content (AvgIpc) is 2.64. The van der Waals surface area contributed by atoms with Gasteiger partial charge in [0.1, 0.15) is 5.60 Å².